The maximum atomic E-state index is 11.9. The van der Waals surface area contributed by atoms with E-state index in [4.69, 9.17) is 14.2 Å². The van der Waals surface area contributed by atoms with Gasteiger partial charge in [0.1, 0.15) is 19.5 Å². The zero-order valence-electron chi connectivity index (χ0n) is 12.6. The summed E-state index contributed by atoms with van der Waals surface area (Å²) in [4.78, 5) is 23.5. The van der Waals surface area contributed by atoms with Crippen LogP contribution in [-0.4, -0.2) is 37.7 Å². The Labute approximate surface area is 124 Å². The minimum Gasteiger partial charge on any atom is -0.493 e. The summed E-state index contributed by atoms with van der Waals surface area (Å²) in [5, 5.41) is 2.95. The molecule has 6 heteroatoms. The van der Waals surface area contributed by atoms with Gasteiger partial charge in [-0.25, -0.2) is 4.79 Å². The van der Waals surface area contributed by atoms with Crippen molar-refractivity contribution in [1.82, 2.24) is 5.32 Å². The van der Waals surface area contributed by atoms with Gasteiger partial charge in [0, 0.05) is 6.04 Å². The molecule has 0 aromatic rings. The van der Waals surface area contributed by atoms with Crippen molar-refractivity contribution in [3.63, 3.8) is 0 Å². The van der Waals surface area contributed by atoms with Crippen LogP contribution in [0.15, 0.2) is 12.0 Å². The molecule has 6 nitrogen and oxygen atoms in total. The van der Waals surface area contributed by atoms with Gasteiger partial charge in [-0.1, -0.05) is 26.7 Å². The average molecular weight is 297 g/mol. The Morgan fingerprint density at radius 1 is 1.33 bits per heavy atom. The second-order valence-corrected chi connectivity index (χ2v) is 5.72. The quantitative estimate of drug-likeness (QED) is 0.793. The highest BCUT2D eigenvalue weighted by Gasteiger charge is 2.28. The summed E-state index contributed by atoms with van der Waals surface area (Å²) in [6, 6.07) is 0.161. The van der Waals surface area contributed by atoms with Crippen molar-refractivity contribution < 1.29 is 23.8 Å². The molecule has 1 fully saturated rings. The highest BCUT2D eigenvalue weighted by Crippen LogP contribution is 2.29. The van der Waals surface area contributed by atoms with Crippen molar-refractivity contribution in [2.45, 2.75) is 39.2 Å². The van der Waals surface area contributed by atoms with E-state index < -0.39 is 5.97 Å². The molecule has 3 atom stereocenters. The Hall–Kier alpha value is -1.72. The van der Waals surface area contributed by atoms with Crippen LogP contribution >= 0.6 is 0 Å². The molecule has 21 heavy (non-hydrogen) atoms. The lowest BCUT2D eigenvalue weighted by atomic mass is 9.78. The van der Waals surface area contributed by atoms with E-state index >= 15 is 0 Å². The summed E-state index contributed by atoms with van der Waals surface area (Å²) in [5.74, 6) is 0.107. The molecule has 0 spiro atoms. The van der Waals surface area contributed by atoms with E-state index in [2.05, 4.69) is 19.2 Å². The first-order valence-electron chi connectivity index (χ1n) is 7.49. The smallest absolute Gasteiger partial charge is 0.377 e. The predicted molar refractivity (Wildman–Crippen MR) is 75.1 cm³/mol. The van der Waals surface area contributed by atoms with Gasteiger partial charge >= 0.3 is 5.97 Å². The minimum atomic E-state index is -0.671. The topological polar surface area (TPSA) is 73.9 Å². The van der Waals surface area contributed by atoms with Crippen molar-refractivity contribution in [1.29, 1.82) is 0 Å². The fraction of sp³-hybridized carbons (Fsp3) is 0.733. The van der Waals surface area contributed by atoms with Crippen LogP contribution in [-0.2, 0) is 23.8 Å². The fourth-order valence-corrected chi connectivity index (χ4v) is 2.71. The maximum absolute atomic E-state index is 11.9. The molecule has 118 valence electrons. The van der Waals surface area contributed by atoms with Crippen LogP contribution in [0, 0.1) is 11.8 Å². The van der Waals surface area contributed by atoms with Gasteiger partial charge < -0.3 is 19.5 Å². The number of ether oxygens (including phenoxy) is 3. The molecule has 2 rings (SSSR count). The predicted octanol–water partition coefficient (Wildman–Crippen LogP) is 1.36. The summed E-state index contributed by atoms with van der Waals surface area (Å²) in [6.07, 6.45) is 4.52. The van der Waals surface area contributed by atoms with E-state index in [9.17, 15) is 9.59 Å². The third-order valence-electron chi connectivity index (χ3n) is 4.24. The second kappa shape index (κ2) is 7.33. The van der Waals surface area contributed by atoms with Crippen molar-refractivity contribution in [3.05, 3.63) is 12.0 Å². The highest BCUT2D eigenvalue weighted by atomic mass is 16.6. The first-order chi connectivity index (χ1) is 10.1. The standard InChI is InChI=1S/C15H23NO5/c1-10-4-3-5-12(11(10)2)16-14(17)9-21-15(18)13-8-19-6-7-20-13/h8,10-12H,3-7,9H2,1-2H3,(H,16,17)/t10-,11-,12+/m1/s1. The van der Waals surface area contributed by atoms with Gasteiger partial charge in [-0.05, 0) is 18.3 Å². The van der Waals surface area contributed by atoms with E-state index in [1.54, 1.807) is 0 Å². The lowest BCUT2D eigenvalue weighted by Crippen LogP contribution is -2.45. The van der Waals surface area contributed by atoms with Gasteiger partial charge in [0.05, 0.1) is 0 Å². The number of esters is 1. The van der Waals surface area contributed by atoms with Crippen molar-refractivity contribution in [2.24, 2.45) is 11.8 Å². The van der Waals surface area contributed by atoms with Crippen LogP contribution in [0.25, 0.3) is 0 Å². The van der Waals surface area contributed by atoms with E-state index in [1.807, 2.05) is 0 Å². The molecule has 0 saturated heterocycles. The fourth-order valence-electron chi connectivity index (χ4n) is 2.71. The molecule has 1 amide bonds. The summed E-state index contributed by atoms with van der Waals surface area (Å²) in [6.45, 7) is 4.78. The molecule has 1 N–H and O–H groups in total. The monoisotopic (exact) mass is 297 g/mol. The lowest BCUT2D eigenvalue weighted by Gasteiger charge is -2.34. The van der Waals surface area contributed by atoms with Crippen molar-refractivity contribution in [2.75, 3.05) is 19.8 Å². The Morgan fingerprint density at radius 3 is 2.86 bits per heavy atom. The summed E-state index contributed by atoms with van der Waals surface area (Å²) in [5.41, 5.74) is 0. The average Bonchev–Trinajstić information content (AvgIpc) is 2.50. The number of amides is 1. The molecule has 0 unspecified atom stereocenters. The van der Waals surface area contributed by atoms with Crippen molar-refractivity contribution >= 4 is 11.9 Å². The first-order valence-corrected chi connectivity index (χ1v) is 7.49. The van der Waals surface area contributed by atoms with E-state index in [1.165, 1.54) is 12.7 Å². The van der Waals surface area contributed by atoms with Gasteiger partial charge in [-0.15, -0.1) is 0 Å². The van der Waals surface area contributed by atoms with E-state index in [-0.39, 0.29) is 24.3 Å². The molecule has 0 aromatic carbocycles. The van der Waals surface area contributed by atoms with Crippen LogP contribution in [0.5, 0.6) is 0 Å². The summed E-state index contributed by atoms with van der Waals surface area (Å²) >= 11 is 0. The zero-order chi connectivity index (χ0) is 15.2. The first kappa shape index (κ1) is 15.7. The number of carbonyl (C=O) groups excluding carboxylic acids is 2. The Kier molecular flexibility index (Phi) is 5.47. The van der Waals surface area contributed by atoms with Gasteiger partial charge in [0.25, 0.3) is 5.91 Å². The van der Waals surface area contributed by atoms with Gasteiger partial charge in [0.15, 0.2) is 6.61 Å². The van der Waals surface area contributed by atoms with Crippen LogP contribution < -0.4 is 5.32 Å². The Bertz CT molecular complexity index is 420. The van der Waals surface area contributed by atoms with Gasteiger partial charge in [-0.3, -0.25) is 4.79 Å². The van der Waals surface area contributed by atoms with Gasteiger partial charge in [-0.2, -0.15) is 0 Å². The molecule has 1 aliphatic heterocycles. The summed E-state index contributed by atoms with van der Waals surface area (Å²) < 4.78 is 15.0. The number of rotatable bonds is 4. The van der Waals surface area contributed by atoms with Gasteiger partial charge in [0.2, 0.25) is 5.76 Å². The zero-order valence-corrected chi connectivity index (χ0v) is 12.6. The Morgan fingerprint density at radius 2 is 2.14 bits per heavy atom. The molecular weight excluding hydrogens is 274 g/mol. The van der Waals surface area contributed by atoms with Crippen LogP contribution in [0.2, 0.25) is 0 Å². The molecule has 1 saturated carbocycles. The molecule has 1 heterocycles. The number of carbonyl (C=O) groups is 2. The molecule has 0 radical (unpaired) electrons. The normalized spacial score (nSPS) is 28.7. The van der Waals surface area contributed by atoms with Crippen LogP contribution in [0.4, 0.5) is 0 Å². The number of hydrogen-bond acceptors (Lipinski definition) is 5. The van der Waals surface area contributed by atoms with Crippen molar-refractivity contribution in [3.8, 4) is 0 Å². The number of hydrogen-bond donors (Lipinski definition) is 1. The maximum Gasteiger partial charge on any atom is 0.377 e. The molecule has 1 aliphatic carbocycles. The molecule has 0 bridgehead atoms. The third-order valence-corrected chi connectivity index (χ3v) is 4.24. The van der Waals surface area contributed by atoms with E-state index in [0.717, 1.165) is 12.8 Å². The number of nitrogens with one attached hydrogen (secondary N) is 1. The van der Waals surface area contributed by atoms with Crippen LogP contribution in [0.1, 0.15) is 33.1 Å². The third kappa shape index (κ3) is 4.37. The lowest BCUT2D eigenvalue weighted by molar-refractivity contribution is -0.149. The largest absolute Gasteiger partial charge is 0.493 e. The second-order valence-electron chi connectivity index (χ2n) is 5.72. The minimum absolute atomic E-state index is 0.00806. The van der Waals surface area contributed by atoms with E-state index in [0.29, 0.717) is 25.0 Å². The highest BCUT2D eigenvalue weighted by molar-refractivity contribution is 5.88. The Balaban J connectivity index is 1.74. The molecule has 2 aliphatic rings. The molecular formula is C15H23NO5. The SMILES string of the molecule is C[C@@H]1[C@H](C)CCC[C@@H]1NC(=O)COC(=O)C1=COCCO1. The molecule has 0 aromatic heterocycles. The van der Waals surface area contributed by atoms with Crippen LogP contribution in [0.3, 0.4) is 0 Å². The summed E-state index contributed by atoms with van der Waals surface area (Å²) in [7, 11) is 0.